The summed E-state index contributed by atoms with van der Waals surface area (Å²) >= 11 is 0. The molecule has 0 saturated carbocycles. The van der Waals surface area contributed by atoms with Crippen molar-refractivity contribution in [3.05, 3.63) is 77.6 Å². The third kappa shape index (κ3) is 8.11. The smallest absolute Gasteiger partial charge is 0.310 e. The molecule has 0 aliphatic carbocycles. The number of hydrogen-bond acceptors (Lipinski definition) is 3. The first-order valence-corrected chi connectivity index (χ1v) is 12.2. The summed E-state index contributed by atoms with van der Waals surface area (Å²) in [5, 5.41) is 3.08. The molecule has 0 fully saturated rings. The zero-order valence-electron chi connectivity index (χ0n) is 18.0. The Morgan fingerprint density at radius 2 is 1.62 bits per heavy atom. The molecule has 2 aromatic rings. The van der Waals surface area contributed by atoms with Crippen molar-refractivity contribution in [2.45, 2.75) is 44.4 Å². The fourth-order valence-electron chi connectivity index (χ4n) is 2.93. The molecule has 0 atom stereocenters. The Labute approximate surface area is 185 Å². The summed E-state index contributed by atoms with van der Waals surface area (Å²) in [6, 6.07) is 12.5. The molecular formula is C23H27F5N2OS. The summed E-state index contributed by atoms with van der Waals surface area (Å²) in [6.07, 6.45) is 3.95. The van der Waals surface area contributed by atoms with Crippen molar-refractivity contribution in [1.82, 2.24) is 5.32 Å². The highest BCUT2D eigenvalue weighted by Gasteiger charge is 2.65. The van der Waals surface area contributed by atoms with E-state index in [0.29, 0.717) is 42.9 Å². The molecule has 0 radical (unpaired) electrons. The zero-order valence-corrected chi connectivity index (χ0v) is 18.8. The molecule has 2 rings (SSSR count). The molecule has 0 aromatic heterocycles. The lowest BCUT2D eigenvalue weighted by atomic mass is 10.1. The number of halogens is 5. The molecule has 0 unspecified atom stereocenters. The van der Waals surface area contributed by atoms with Crippen molar-refractivity contribution in [2.24, 2.45) is 4.99 Å². The fraction of sp³-hybridized carbons (Fsp3) is 0.304. The van der Waals surface area contributed by atoms with E-state index in [4.69, 9.17) is 0 Å². The largest absolute Gasteiger partial charge is 0.381 e. The number of benzene rings is 2. The van der Waals surface area contributed by atoms with Gasteiger partial charge in [0.25, 0.3) is 0 Å². The first kappa shape index (κ1) is 25.6. The van der Waals surface area contributed by atoms with Gasteiger partial charge in [0.2, 0.25) is 0 Å². The molecule has 0 bridgehead atoms. The number of rotatable bonds is 11. The maximum absolute atomic E-state index is 12.9. The van der Waals surface area contributed by atoms with Crippen LogP contribution in [0.2, 0.25) is 0 Å². The molecule has 3 nitrogen and oxygen atoms in total. The number of nitrogens with one attached hydrogen (secondary N) is 1. The number of carbonyl (C=O) groups excluding carboxylic acids is 1. The van der Waals surface area contributed by atoms with E-state index in [2.05, 4.69) is 10.3 Å². The van der Waals surface area contributed by atoms with Gasteiger partial charge >= 0.3 is 10.2 Å². The number of hydrogen-bond donors (Lipinski definition) is 1. The maximum Gasteiger partial charge on any atom is 0.310 e. The summed E-state index contributed by atoms with van der Waals surface area (Å²) in [7, 11) is -9.71. The van der Waals surface area contributed by atoms with Crippen molar-refractivity contribution < 1.29 is 24.2 Å². The van der Waals surface area contributed by atoms with Gasteiger partial charge in [-0.1, -0.05) is 68.8 Å². The van der Waals surface area contributed by atoms with Gasteiger partial charge in [0.05, 0.1) is 11.9 Å². The van der Waals surface area contributed by atoms with Crippen LogP contribution >= 0.6 is 10.2 Å². The van der Waals surface area contributed by atoms with Crippen LogP contribution in [0.3, 0.4) is 0 Å². The molecule has 0 aliphatic heterocycles. The second-order valence-corrected chi connectivity index (χ2v) is 9.85. The van der Waals surface area contributed by atoms with Gasteiger partial charge in [-0.05, 0) is 49.4 Å². The Hall–Kier alpha value is -2.68. The highest BCUT2D eigenvalue weighted by Crippen LogP contribution is 3.02. The number of nitrogens with zero attached hydrogens (tertiary/aromatic N) is 1. The zero-order chi connectivity index (χ0) is 23.9. The Morgan fingerprint density at radius 3 is 2.19 bits per heavy atom. The van der Waals surface area contributed by atoms with E-state index in [-0.39, 0.29) is 11.3 Å². The van der Waals surface area contributed by atoms with Crippen molar-refractivity contribution in [3.63, 3.8) is 0 Å². The molecule has 32 heavy (non-hydrogen) atoms. The first-order valence-electron chi connectivity index (χ1n) is 10.2. The summed E-state index contributed by atoms with van der Waals surface area (Å²) < 4.78 is 64.3. The number of carbonyl (C=O) groups is 1. The minimum Gasteiger partial charge on any atom is -0.381 e. The highest BCUT2D eigenvalue weighted by atomic mass is 32.5. The lowest BCUT2D eigenvalue weighted by Gasteiger charge is -2.40. The predicted octanol–water partition coefficient (Wildman–Crippen LogP) is 7.59. The summed E-state index contributed by atoms with van der Waals surface area (Å²) in [4.78, 5) is 14.6. The summed E-state index contributed by atoms with van der Waals surface area (Å²) in [5.74, 6) is -0.125. The molecule has 9 heteroatoms. The van der Waals surface area contributed by atoms with Crippen LogP contribution < -0.4 is 5.32 Å². The van der Waals surface area contributed by atoms with E-state index >= 15 is 0 Å². The molecule has 176 valence electrons. The topological polar surface area (TPSA) is 41.5 Å². The third-order valence-electron chi connectivity index (χ3n) is 4.68. The number of aryl methyl sites for hydroxylation is 1. The second-order valence-electron chi connectivity index (χ2n) is 7.44. The highest BCUT2D eigenvalue weighted by molar-refractivity contribution is 8.45. The van der Waals surface area contributed by atoms with E-state index in [0.717, 1.165) is 25.0 Å². The monoisotopic (exact) mass is 474 g/mol. The van der Waals surface area contributed by atoms with Crippen LogP contribution in [0.25, 0.3) is 0 Å². The molecule has 0 amide bonds. The minimum absolute atomic E-state index is 0.125. The third-order valence-corrected chi connectivity index (χ3v) is 5.85. The van der Waals surface area contributed by atoms with Gasteiger partial charge in [0, 0.05) is 18.7 Å². The fourth-order valence-corrected chi connectivity index (χ4v) is 3.58. The first-order chi connectivity index (χ1) is 14.8. The van der Waals surface area contributed by atoms with E-state index in [1.165, 1.54) is 18.7 Å². The average Bonchev–Trinajstić information content (AvgIpc) is 2.72. The van der Waals surface area contributed by atoms with Crippen LogP contribution in [0.5, 0.6) is 0 Å². The van der Waals surface area contributed by atoms with E-state index < -0.39 is 15.1 Å². The van der Waals surface area contributed by atoms with E-state index in [1.807, 2.05) is 37.3 Å². The van der Waals surface area contributed by atoms with Crippen LogP contribution in [0.15, 0.2) is 76.4 Å². The van der Waals surface area contributed by atoms with E-state index in [1.54, 1.807) is 0 Å². The molecule has 0 spiro atoms. The van der Waals surface area contributed by atoms with E-state index in [9.17, 15) is 24.2 Å². The van der Waals surface area contributed by atoms with Crippen molar-refractivity contribution >= 4 is 21.7 Å². The Kier molecular flexibility index (Phi) is 7.55. The van der Waals surface area contributed by atoms with Gasteiger partial charge < -0.3 is 5.32 Å². The number of Topliss-reactive ketones (excluding diaryl/α,β-unsaturated/α-hetero) is 1. The average molecular weight is 475 g/mol. The normalized spacial score (nSPS) is 15.1. The lowest BCUT2D eigenvalue weighted by Crippen LogP contribution is -2.22. The lowest BCUT2D eigenvalue weighted by molar-refractivity contribution is -0.116. The Morgan fingerprint density at radius 1 is 1.00 bits per heavy atom. The van der Waals surface area contributed by atoms with Gasteiger partial charge in [-0.15, -0.1) is 0 Å². The molecule has 1 N–H and O–H groups in total. The van der Waals surface area contributed by atoms with Crippen LogP contribution in [0, 0.1) is 0 Å². The van der Waals surface area contributed by atoms with Crippen molar-refractivity contribution in [2.75, 3.05) is 6.54 Å². The molecule has 0 heterocycles. The standard InChI is InChI=1S/C23H27F5N2OS/c1-3-8-23(31)22(29-16-7-11-19-9-5-4-6-10-19)17-30-18(2)20-12-14-21(15-13-20)32(24,25,26,27)28/h4-6,9-10,12-15,17,29H,3,7-8,11,16H2,1-2H3/b22-17+,30-18?. The molecular weight excluding hydrogens is 447 g/mol. The van der Waals surface area contributed by atoms with Gasteiger partial charge in [0.15, 0.2) is 5.78 Å². The number of ketones is 1. The van der Waals surface area contributed by atoms with Crippen molar-refractivity contribution in [1.29, 1.82) is 0 Å². The summed E-state index contributed by atoms with van der Waals surface area (Å²) in [5.41, 5.74) is 2.04. The SMILES string of the molecule is CCCC(=O)/C(=C\N=C(C)c1ccc(S(F)(F)(F)(F)F)cc1)NCCCc1ccccc1. The Bertz CT molecular complexity index is 986. The van der Waals surface area contributed by atoms with Gasteiger partial charge in [-0.3, -0.25) is 9.79 Å². The second kappa shape index (κ2) is 9.44. The van der Waals surface area contributed by atoms with Crippen LogP contribution in [0.1, 0.15) is 44.2 Å². The van der Waals surface area contributed by atoms with Gasteiger partial charge in [-0.25, -0.2) is 0 Å². The van der Waals surface area contributed by atoms with Crippen LogP contribution in [-0.2, 0) is 11.2 Å². The summed E-state index contributed by atoms with van der Waals surface area (Å²) in [6.45, 7) is 3.95. The molecule has 2 aromatic carbocycles. The maximum atomic E-state index is 12.9. The van der Waals surface area contributed by atoms with Gasteiger partial charge in [-0.2, -0.15) is 0 Å². The quantitative estimate of drug-likeness (QED) is 0.158. The minimum atomic E-state index is -9.71. The van der Waals surface area contributed by atoms with Gasteiger partial charge in [0.1, 0.15) is 4.90 Å². The van der Waals surface area contributed by atoms with Crippen LogP contribution in [0.4, 0.5) is 19.4 Å². The molecule has 0 saturated heterocycles. The predicted molar refractivity (Wildman–Crippen MR) is 121 cm³/mol. The Balaban J connectivity index is 2.11. The molecule has 0 aliphatic rings. The van der Waals surface area contributed by atoms with Crippen LogP contribution in [-0.4, -0.2) is 18.0 Å². The number of aliphatic imine (C=N–C) groups is 1. The number of allylic oxidation sites excluding steroid dienone is 1. The van der Waals surface area contributed by atoms with Crippen molar-refractivity contribution in [3.8, 4) is 0 Å².